The van der Waals surface area contributed by atoms with Crippen molar-refractivity contribution in [1.82, 2.24) is 15.6 Å². The minimum atomic E-state index is -0.596. The van der Waals surface area contributed by atoms with Crippen LogP contribution in [0.3, 0.4) is 0 Å². The summed E-state index contributed by atoms with van der Waals surface area (Å²) < 4.78 is 0. The normalized spacial score (nSPS) is 21.1. The van der Waals surface area contributed by atoms with Gasteiger partial charge in [-0.3, -0.25) is 15.1 Å². The van der Waals surface area contributed by atoms with E-state index in [1.165, 1.54) is 0 Å². The van der Waals surface area contributed by atoms with Crippen molar-refractivity contribution in [3.8, 4) is 0 Å². The second-order valence-electron chi connectivity index (χ2n) is 2.68. The lowest BCUT2D eigenvalue weighted by Gasteiger charge is -2.04. The molecule has 0 radical (unpaired) electrons. The van der Waals surface area contributed by atoms with Gasteiger partial charge in [-0.15, -0.1) is 0 Å². The molecule has 1 atom stereocenters. The minimum Gasteiger partial charge on any atom is -0.322 e. The number of carbonyl (C=O) groups excluding carboxylic acids is 2. The summed E-state index contributed by atoms with van der Waals surface area (Å²) in [7, 11) is 0. The Morgan fingerprint density at radius 2 is 2.23 bits per heavy atom. The molecule has 1 aliphatic heterocycles. The first kappa shape index (κ1) is 7.72. The summed E-state index contributed by atoms with van der Waals surface area (Å²) in [5.74, 6) is -0.335. The van der Waals surface area contributed by atoms with Crippen molar-refractivity contribution >= 4 is 11.9 Å². The van der Waals surface area contributed by atoms with E-state index in [0.717, 1.165) is 0 Å². The maximum Gasteiger partial charge on any atom is 0.322 e. The Morgan fingerprint density at radius 1 is 1.38 bits per heavy atom. The molecular weight excluding hydrogens is 170 g/mol. The Hall–Kier alpha value is -1.91. The first-order chi connectivity index (χ1) is 6.27. The van der Waals surface area contributed by atoms with E-state index in [0.29, 0.717) is 5.56 Å². The van der Waals surface area contributed by atoms with Crippen LogP contribution in [0.2, 0.25) is 0 Å². The number of pyridine rings is 1. The summed E-state index contributed by atoms with van der Waals surface area (Å²) in [6.07, 6.45) is 3.16. The van der Waals surface area contributed by atoms with Gasteiger partial charge in [-0.25, -0.2) is 4.79 Å². The van der Waals surface area contributed by atoms with Crippen LogP contribution in [0.15, 0.2) is 24.5 Å². The SMILES string of the molecule is O=C1NC(=O)C(c2cccnc2)N1. The van der Waals surface area contributed by atoms with Gasteiger partial charge >= 0.3 is 6.03 Å². The lowest BCUT2D eigenvalue weighted by molar-refractivity contribution is -0.120. The van der Waals surface area contributed by atoms with E-state index < -0.39 is 12.1 Å². The zero-order valence-corrected chi connectivity index (χ0v) is 6.65. The van der Waals surface area contributed by atoms with Crippen molar-refractivity contribution < 1.29 is 9.59 Å². The van der Waals surface area contributed by atoms with E-state index in [9.17, 15) is 9.59 Å². The van der Waals surface area contributed by atoms with Gasteiger partial charge in [0.1, 0.15) is 6.04 Å². The third-order valence-electron chi connectivity index (χ3n) is 1.79. The zero-order chi connectivity index (χ0) is 9.26. The molecule has 2 heterocycles. The van der Waals surface area contributed by atoms with Crippen molar-refractivity contribution in [2.24, 2.45) is 0 Å². The van der Waals surface area contributed by atoms with Gasteiger partial charge in [-0.1, -0.05) is 6.07 Å². The van der Waals surface area contributed by atoms with Crippen LogP contribution in [0.25, 0.3) is 0 Å². The van der Waals surface area contributed by atoms with Gasteiger partial charge < -0.3 is 5.32 Å². The minimum absolute atomic E-state index is 0.335. The fraction of sp³-hybridized carbons (Fsp3) is 0.125. The van der Waals surface area contributed by atoms with Crippen molar-refractivity contribution in [2.45, 2.75) is 6.04 Å². The maximum atomic E-state index is 11.2. The third-order valence-corrected chi connectivity index (χ3v) is 1.79. The van der Waals surface area contributed by atoms with E-state index >= 15 is 0 Å². The van der Waals surface area contributed by atoms with Crippen molar-refractivity contribution in [2.75, 3.05) is 0 Å². The van der Waals surface area contributed by atoms with Crippen molar-refractivity contribution in [3.63, 3.8) is 0 Å². The molecule has 2 rings (SSSR count). The largest absolute Gasteiger partial charge is 0.322 e. The smallest absolute Gasteiger partial charge is 0.322 e. The molecule has 0 aliphatic carbocycles. The number of urea groups is 1. The number of nitrogens with zero attached hydrogens (tertiary/aromatic N) is 1. The Kier molecular flexibility index (Phi) is 1.70. The number of aromatic nitrogens is 1. The molecule has 1 fully saturated rings. The number of rotatable bonds is 1. The predicted molar refractivity (Wildman–Crippen MR) is 43.7 cm³/mol. The van der Waals surface area contributed by atoms with Crippen molar-refractivity contribution in [1.29, 1.82) is 0 Å². The van der Waals surface area contributed by atoms with Crippen LogP contribution in [-0.2, 0) is 4.79 Å². The van der Waals surface area contributed by atoms with E-state index in [2.05, 4.69) is 15.6 Å². The molecule has 66 valence electrons. The molecule has 1 aliphatic rings. The first-order valence-electron chi connectivity index (χ1n) is 3.78. The summed E-state index contributed by atoms with van der Waals surface area (Å²) in [4.78, 5) is 25.8. The van der Waals surface area contributed by atoms with E-state index in [-0.39, 0.29) is 5.91 Å². The lowest BCUT2D eigenvalue weighted by Crippen LogP contribution is -2.22. The van der Waals surface area contributed by atoms with Crippen LogP contribution in [0, 0.1) is 0 Å². The number of amides is 3. The molecule has 1 unspecified atom stereocenters. The van der Waals surface area contributed by atoms with E-state index in [1.807, 2.05) is 0 Å². The standard InChI is InChI=1S/C8H7N3O2/c12-7-6(10-8(13)11-7)5-2-1-3-9-4-5/h1-4,6H,(H2,10,11,12,13). The molecule has 1 saturated heterocycles. The number of nitrogens with one attached hydrogen (secondary N) is 2. The molecular formula is C8H7N3O2. The van der Waals surface area contributed by atoms with Gasteiger partial charge in [0.2, 0.25) is 0 Å². The molecule has 1 aromatic rings. The van der Waals surface area contributed by atoms with Gasteiger partial charge in [0.05, 0.1) is 0 Å². The molecule has 0 bridgehead atoms. The topological polar surface area (TPSA) is 71.1 Å². The molecule has 13 heavy (non-hydrogen) atoms. The van der Waals surface area contributed by atoms with Crippen LogP contribution in [0.4, 0.5) is 4.79 Å². The quantitative estimate of drug-likeness (QED) is 0.591. The molecule has 0 saturated carbocycles. The number of imide groups is 1. The Bertz CT molecular complexity index is 350. The highest BCUT2D eigenvalue weighted by atomic mass is 16.2. The average molecular weight is 177 g/mol. The second-order valence-corrected chi connectivity index (χ2v) is 2.68. The van der Waals surface area contributed by atoms with Crippen LogP contribution >= 0.6 is 0 Å². The summed E-state index contributed by atoms with van der Waals surface area (Å²) in [6, 6.07) is 2.40. The maximum absolute atomic E-state index is 11.2. The van der Waals surface area contributed by atoms with E-state index in [1.54, 1.807) is 24.5 Å². The molecule has 0 aromatic carbocycles. The third kappa shape index (κ3) is 1.35. The van der Waals surface area contributed by atoms with Gasteiger partial charge in [0, 0.05) is 18.0 Å². The van der Waals surface area contributed by atoms with E-state index in [4.69, 9.17) is 0 Å². The highest BCUT2D eigenvalue weighted by Crippen LogP contribution is 2.14. The lowest BCUT2D eigenvalue weighted by atomic mass is 10.1. The summed E-state index contributed by atoms with van der Waals surface area (Å²) in [5, 5.41) is 4.63. The molecule has 5 nitrogen and oxygen atoms in total. The Morgan fingerprint density at radius 3 is 2.77 bits per heavy atom. The van der Waals surface area contributed by atoms with Crippen LogP contribution in [0.1, 0.15) is 11.6 Å². The molecule has 1 aromatic heterocycles. The fourth-order valence-electron chi connectivity index (χ4n) is 1.20. The summed E-state index contributed by atoms with van der Waals surface area (Å²) in [6.45, 7) is 0. The number of carbonyl (C=O) groups is 2. The number of hydrogen-bond acceptors (Lipinski definition) is 3. The Balaban J connectivity index is 2.28. The second kappa shape index (κ2) is 2.85. The predicted octanol–water partition coefficient (Wildman–Crippen LogP) is -0.0379. The number of hydrogen-bond donors (Lipinski definition) is 2. The van der Waals surface area contributed by atoms with Crippen LogP contribution in [-0.4, -0.2) is 16.9 Å². The molecule has 2 N–H and O–H groups in total. The van der Waals surface area contributed by atoms with Crippen LogP contribution in [0.5, 0.6) is 0 Å². The highest BCUT2D eigenvalue weighted by Gasteiger charge is 2.30. The van der Waals surface area contributed by atoms with Gasteiger partial charge in [0.25, 0.3) is 5.91 Å². The zero-order valence-electron chi connectivity index (χ0n) is 6.65. The molecule has 3 amide bonds. The first-order valence-corrected chi connectivity index (χ1v) is 3.78. The Labute approximate surface area is 74.2 Å². The average Bonchev–Trinajstić information content (AvgIpc) is 2.47. The fourth-order valence-corrected chi connectivity index (χ4v) is 1.20. The summed E-state index contributed by atoms with van der Waals surface area (Å²) >= 11 is 0. The van der Waals surface area contributed by atoms with Gasteiger partial charge in [-0.05, 0) is 6.07 Å². The van der Waals surface area contributed by atoms with Gasteiger partial charge in [-0.2, -0.15) is 0 Å². The highest BCUT2D eigenvalue weighted by molar-refractivity contribution is 6.04. The van der Waals surface area contributed by atoms with Gasteiger partial charge in [0.15, 0.2) is 0 Å². The summed E-state index contributed by atoms with van der Waals surface area (Å²) in [5.41, 5.74) is 0.686. The van der Waals surface area contributed by atoms with Crippen molar-refractivity contribution in [3.05, 3.63) is 30.1 Å². The monoisotopic (exact) mass is 177 g/mol. The molecule has 0 spiro atoms. The molecule has 5 heteroatoms. The van der Waals surface area contributed by atoms with Crippen LogP contribution < -0.4 is 10.6 Å².